The molecule has 0 heterocycles. The summed E-state index contributed by atoms with van der Waals surface area (Å²) in [4.78, 5) is 31.0. The summed E-state index contributed by atoms with van der Waals surface area (Å²) in [6.45, 7) is 1.47. The summed E-state index contributed by atoms with van der Waals surface area (Å²) in [5.41, 5.74) is 2.74. The highest BCUT2D eigenvalue weighted by molar-refractivity contribution is 5.89. The van der Waals surface area contributed by atoms with Crippen LogP contribution in [0.5, 0.6) is 0 Å². The molecule has 1 aliphatic rings. The molecule has 31 heavy (non-hydrogen) atoms. The summed E-state index contributed by atoms with van der Waals surface area (Å²) in [6.07, 6.45) is 1.65. The summed E-state index contributed by atoms with van der Waals surface area (Å²) < 4.78 is 0. The van der Waals surface area contributed by atoms with Gasteiger partial charge in [0.05, 0.1) is 0 Å². The number of carboxylic acid groups (broad SMARTS) is 2. The fourth-order valence-corrected chi connectivity index (χ4v) is 3.59. The predicted molar refractivity (Wildman–Crippen MR) is 118 cm³/mol. The fourth-order valence-electron chi connectivity index (χ4n) is 3.59. The van der Waals surface area contributed by atoms with E-state index in [-0.39, 0.29) is 5.91 Å². The Bertz CT molecular complexity index is 822. The summed E-state index contributed by atoms with van der Waals surface area (Å²) in [5.74, 6) is -0.894. The monoisotopic (exact) mass is 424 g/mol. The highest BCUT2D eigenvalue weighted by Gasteiger charge is 2.51. The van der Waals surface area contributed by atoms with Gasteiger partial charge in [0.15, 0.2) is 0 Å². The lowest BCUT2D eigenvalue weighted by atomic mass is 10.0. The maximum absolute atomic E-state index is 11.9. The van der Waals surface area contributed by atoms with Gasteiger partial charge < -0.3 is 20.8 Å². The van der Waals surface area contributed by atoms with Crippen molar-refractivity contribution >= 4 is 17.8 Å². The lowest BCUT2D eigenvalue weighted by Crippen LogP contribution is -2.28. The molecule has 2 atom stereocenters. The summed E-state index contributed by atoms with van der Waals surface area (Å²) in [5, 5.41) is 21.7. The molecule has 0 bridgehead atoms. The smallest absolute Gasteiger partial charge is 0.328 e. The van der Waals surface area contributed by atoms with Gasteiger partial charge in [-0.2, -0.15) is 0 Å². The number of carboxylic acids is 2. The van der Waals surface area contributed by atoms with E-state index in [1.807, 2.05) is 7.05 Å². The van der Waals surface area contributed by atoms with Crippen LogP contribution in [0.3, 0.4) is 0 Å². The van der Waals surface area contributed by atoms with E-state index in [9.17, 15) is 14.4 Å². The van der Waals surface area contributed by atoms with Gasteiger partial charge in [0, 0.05) is 31.7 Å². The van der Waals surface area contributed by atoms with E-state index in [1.54, 1.807) is 0 Å². The van der Waals surface area contributed by atoms with Crippen LogP contribution in [-0.4, -0.2) is 48.2 Å². The number of benzene rings is 2. The number of nitrogens with one attached hydrogen (secondary N) is 2. The first kappa shape index (κ1) is 23.8. The maximum Gasteiger partial charge on any atom is 0.328 e. The molecule has 0 aliphatic heterocycles. The Balaban J connectivity index is 0.000000366. The van der Waals surface area contributed by atoms with Gasteiger partial charge in [-0.25, -0.2) is 9.59 Å². The number of hydrogen-bond acceptors (Lipinski definition) is 4. The zero-order chi connectivity index (χ0) is 22.6. The Hall–Kier alpha value is -3.45. The van der Waals surface area contributed by atoms with Crippen LogP contribution in [0.1, 0.15) is 29.4 Å². The molecule has 7 heteroatoms. The third-order valence-electron chi connectivity index (χ3n) is 5.04. The summed E-state index contributed by atoms with van der Waals surface area (Å²) in [7, 11) is 1.87. The van der Waals surface area contributed by atoms with Crippen molar-refractivity contribution in [2.24, 2.45) is 5.92 Å². The van der Waals surface area contributed by atoms with Crippen LogP contribution >= 0.6 is 0 Å². The highest BCUT2D eigenvalue weighted by Crippen LogP contribution is 2.60. The molecule has 0 spiro atoms. The fraction of sp³-hybridized carbons (Fsp3) is 0.292. The summed E-state index contributed by atoms with van der Waals surface area (Å²) in [6, 6.07) is 21.3. The molecule has 1 amide bonds. The Labute approximate surface area is 181 Å². The van der Waals surface area contributed by atoms with Crippen molar-refractivity contribution in [1.82, 2.24) is 10.6 Å². The Kier molecular flexibility index (Phi) is 9.45. The normalized spacial score (nSPS) is 19.2. The van der Waals surface area contributed by atoms with Crippen LogP contribution in [0, 0.1) is 5.92 Å². The van der Waals surface area contributed by atoms with Gasteiger partial charge in [-0.3, -0.25) is 4.79 Å². The number of amides is 1. The van der Waals surface area contributed by atoms with Crippen molar-refractivity contribution in [1.29, 1.82) is 0 Å². The number of hydrogen-bond donors (Lipinski definition) is 4. The SMILES string of the molecule is CNCCC(=O)NCC1C(c2ccccc2)C1c1ccccc1.O=C(O)C=CC(=O)O. The highest BCUT2D eigenvalue weighted by atomic mass is 16.4. The van der Waals surface area contributed by atoms with Gasteiger partial charge in [0.2, 0.25) is 5.91 Å². The number of aliphatic carboxylic acids is 2. The van der Waals surface area contributed by atoms with E-state index in [0.29, 0.717) is 36.3 Å². The standard InChI is InChI=1S/C20H24N2O.C4H4O4/c1-21-13-12-18(23)22-14-17-19(15-8-4-2-5-9-15)20(17)16-10-6-3-7-11-16;5-3(6)1-2-4(7)8/h2-11,17,19-21H,12-14H2,1H3,(H,22,23);1-2H,(H,5,6)(H,7,8). The summed E-state index contributed by atoms with van der Waals surface area (Å²) >= 11 is 0. The molecule has 2 unspecified atom stereocenters. The first-order valence-electron chi connectivity index (χ1n) is 10.1. The zero-order valence-electron chi connectivity index (χ0n) is 17.4. The molecule has 164 valence electrons. The van der Waals surface area contributed by atoms with Crippen LogP contribution in [0.4, 0.5) is 0 Å². The first-order chi connectivity index (χ1) is 14.9. The largest absolute Gasteiger partial charge is 0.478 e. The lowest BCUT2D eigenvalue weighted by Gasteiger charge is -2.05. The van der Waals surface area contributed by atoms with Crippen LogP contribution in [-0.2, 0) is 14.4 Å². The van der Waals surface area contributed by atoms with Gasteiger partial charge >= 0.3 is 11.9 Å². The van der Waals surface area contributed by atoms with Crippen molar-refractivity contribution in [3.63, 3.8) is 0 Å². The second kappa shape index (κ2) is 12.3. The van der Waals surface area contributed by atoms with Crippen molar-refractivity contribution in [2.45, 2.75) is 18.3 Å². The van der Waals surface area contributed by atoms with Crippen LogP contribution in [0.25, 0.3) is 0 Å². The third kappa shape index (κ3) is 8.06. The van der Waals surface area contributed by atoms with Crippen LogP contribution in [0.2, 0.25) is 0 Å². The van der Waals surface area contributed by atoms with Crippen molar-refractivity contribution in [2.75, 3.05) is 20.1 Å². The molecule has 1 saturated carbocycles. The lowest BCUT2D eigenvalue weighted by molar-refractivity contribution is -0.134. The quantitative estimate of drug-likeness (QED) is 0.460. The Morgan fingerprint density at radius 3 is 1.68 bits per heavy atom. The molecule has 1 fully saturated rings. The third-order valence-corrected chi connectivity index (χ3v) is 5.04. The average Bonchev–Trinajstić information content (AvgIpc) is 3.51. The van der Waals surface area contributed by atoms with E-state index in [1.165, 1.54) is 11.1 Å². The number of carbonyl (C=O) groups excluding carboxylic acids is 1. The minimum Gasteiger partial charge on any atom is -0.478 e. The molecular formula is C24H28N2O5. The molecule has 1 aliphatic carbocycles. The van der Waals surface area contributed by atoms with E-state index in [4.69, 9.17) is 10.2 Å². The minimum absolute atomic E-state index is 0.130. The van der Waals surface area contributed by atoms with Crippen molar-refractivity contribution < 1.29 is 24.6 Å². The topological polar surface area (TPSA) is 116 Å². The van der Waals surface area contributed by atoms with Gasteiger partial charge in [0.25, 0.3) is 0 Å². The van der Waals surface area contributed by atoms with Gasteiger partial charge in [0.1, 0.15) is 0 Å². The second-order valence-corrected chi connectivity index (χ2v) is 7.20. The van der Waals surface area contributed by atoms with E-state index in [0.717, 1.165) is 13.1 Å². The number of carbonyl (C=O) groups is 3. The molecule has 2 aromatic rings. The average molecular weight is 424 g/mol. The van der Waals surface area contributed by atoms with E-state index >= 15 is 0 Å². The molecule has 4 N–H and O–H groups in total. The Morgan fingerprint density at radius 1 is 0.839 bits per heavy atom. The molecular weight excluding hydrogens is 396 g/mol. The van der Waals surface area contributed by atoms with Crippen molar-refractivity contribution in [3.8, 4) is 0 Å². The van der Waals surface area contributed by atoms with E-state index in [2.05, 4.69) is 71.3 Å². The minimum atomic E-state index is -1.26. The first-order valence-corrected chi connectivity index (χ1v) is 10.1. The molecule has 0 radical (unpaired) electrons. The molecule has 2 aromatic carbocycles. The molecule has 3 rings (SSSR count). The molecule has 0 aromatic heterocycles. The van der Waals surface area contributed by atoms with Crippen LogP contribution in [0.15, 0.2) is 72.8 Å². The number of rotatable bonds is 9. The van der Waals surface area contributed by atoms with Gasteiger partial charge in [-0.15, -0.1) is 0 Å². The zero-order valence-corrected chi connectivity index (χ0v) is 17.4. The predicted octanol–water partition coefficient (Wildman–Crippen LogP) is 2.62. The Morgan fingerprint density at radius 2 is 1.29 bits per heavy atom. The maximum atomic E-state index is 11.9. The van der Waals surface area contributed by atoms with Gasteiger partial charge in [-0.1, -0.05) is 60.7 Å². The molecule has 0 saturated heterocycles. The van der Waals surface area contributed by atoms with Crippen molar-refractivity contribution in [3.05, 3.63) is 83.9 Å². The molecule has 7 nitrogen and oxygen atoms in total. The van der Waals surface area contributed by atoms with Gasteiger partial charge in [-0.05, 0) is 35.9 Å². The second-order valence-electron chi connectivity index (χ2n) is 7.20. The van der Waals surface area contributed by atoms with E-state index < -0.39 is 11.9 Å². The van der Waals surface area contributed by atoms with Crippen LogP contribution < -0.4 is 10.6 Å².